The van der Waals surface area contributed by atoms with Crippen LogP contribution >= 0.6 is 11.6 Å². The number of nitrogens with zero attached hydrogens (tertiary/aromatic N) is 1. The van der Waals surface area contributed by atoms with E-state index in [1.54, 1.807) is 48.5 Å². The van der Waals surface area contributed by atoms with Crippen molar-refractivity contribution >= 4 is 29.3 Å². The number of benzene rings is 2. The second-order valence-corrected chi connectivity index (χ2v) is 6.52. The van der Waals surface area contributed by atoms with Gasteiger partial charge >= 0.3 is 12.0 Å². The molecule has 0 atom stereocenters. The second kappa shape index (κ2) is 9.62. The predicted octanol–water partition coefficient (Wildman–Crippen LogP) is 4.56. The van der Waals surface area contributed by atoms with Gasteiger partial charge in [0.05, 0.1) is 12.8 Å². The van der Waals surface area contributed by atoms with Gasteiger partial charge in [-0.2, -0.15) is 0 Å². The number of hydrogen-bond acceptors (Lipinski definition) is 5. The van der Waals surface area contributed by atoms with E-state index in [1.807, 2.05) is 0 Å². The highest BCUT2D eigenvalue weighted by Crippen LogP contribution is 2.27. The number of nitrogens with one attached hydrogen (secondary N) is 2. The van der Waals surface area contributed by atoms with E-state index < -0.39 is 12.0 Å². The minimum Gasteiger partial charge on any atom is -0.495 e. The van der Waals surface area contributed by atoms with Crippen molar-refractivity contribution in [3.8, 4) is 17.2 Å². The first kappa shape index (κ1) is 20.9. The molecule has 0 radical (unpaired) electrons. The Bertz CT molecular complexity index is 1060. The number of methoxy groups -OCH3 is 1. The third-order valence-electron chi connectivity index (χ3n) is 3.97. The van der Waals surface area contributed by atoms with E-state index >= 15 is 0 Å². The van der Waals surface area contributed by atoms with Crippen LogP contribution in [0.25, 0.3) is 0 Å². The first-order valence-corrected chi connectivity index (χ1v) is 9.17. The number of anilines is 1. The van der Waals surface area contributed by atoms with Crippen LogP contribution in [-0.2, 0) is 6.54 Å². The van der Waals surface area contributed by atoms with Gasteiger partial charge in [0.1, 0.15) is 17.2 Å². The van der Waals surface area contributed by atoms with Crippen LogP contribution in [0.4, 0.5) is 10.5 Å². The van der Waals surface area contributed by atoms with Gasteiger partial charge in [-0.1, -0.05) is 23.7 Å². The van der Waals surface area contributed by atoms with Crippen molar-refractivity contribution in [2.75, 3.05) is 12.4 Å². The Labute approximate surface area is 177 Å². The smallest absolute Gasteiger partial charge is 0.354 e. The van der Waals surface area contributed by atoms with Crippen LogP contribution in [0.2, 0.25) is 5.02 Å². The molecule has 2 aromatic carbocycles. The van der Waals surface area contributed by atoms with Gasteiger partial charge in [0.25, 0.3) is 0 Å². The van der Waals surface area contributed by atoms with Gasteiger partial charge in [-0.3, -0.25) is 0 Å². The van der Waals surface area contributed by atoms with Gasteiger partial charge in [-0.25, -0.2) is 14.6 Å². The lowest BCUT2D eigenvalue weighted by molar-refractivity contribution is 0.0690. The maximum Gasteiger partial charge on any atom is 0.354 e. The summed E-state index contributed by atoms with van der Waals surface area (Å²) >= 11 is 5.96. The lowest BCUT2D eigenvalue weighted by atomic mass is 10.2. The topological polar surface area (TPSA) is 110 Å². The van der Waals surface area contributed by atoms with Crippen LogP contribution in [0.5, 0.6) is 17.2 Å². The molecule has 0 aliphatic heterocycles. The Morgan fingerprint density at radius 3 is 2.53 bits per heavy atom. The molecule has 1 heterocycles. The molecule has 0 fully saturated rings. The highest BCUT2D eigenvalue weighted by Gasteiger charge is 2.09. The third kappa shape index (κ3) is 5.62. The number of ether oxygens (including phenoxy) is 2. The maximum atomic E-state index is 12.2. The highest BCUT2D eigenvalue weighted by atomic mass is 35.5. The lowest BCUT2D eigenvalue weighted by Gasteiger charge is -2.12. The van der Waals surface area contributed by atoms with Gasteiger partial charge < -0.3 is 25.2 Å². The summed E-state index contributed by atoms with van der Waals surface area (Å²) in [5, 5.41) is 14.9. The van der Waals surface area contributed by atoms with Gasteiger partial charge in [0.15, 0.2) is 5.69 Å². The van der Waals surface area contributed by atoms with Crippen LogP contribution in [-0.4, -0.2) is 29.2 Å². The number of carboxylic acid groups (broad SMARTS) is 1. The zero-order valence-electron chi connectivity index (χ0n) is 15.9. The van der Waals surface area contributed by atoms with E-state index in [-0.39, 0.29) is 12.2 Å². The number of hydrogen-bond donors (Lipinski definition) is 3. The summed E-state index contributed by atoms with van der Waals surface area (Å²) in [4.78, 5) is 26.9. The molecule has 154 valence electrons. The summed E-state index contributed by atoms with van der Waals surface area (Å²) in [6.45, 7) is 0.285. The number of carboxylic acids is 1. The Morgan fingerprint density at radius 2 is 1.83 bits per heavy atom. The van der Waals surface area contributed by atoms with E-state index in [0.29, 0.717) is 28.0 Å². The fraction of sp³-hybridized carbons (Fsp3) is 0.0952. The van der Waals surface area contributed by atoms with Crippen LogP contribution < -0.4 is 20.1 Å². The largest absolute Gasteiger partial charge is 0.495 e. The molecule has 2 amide bonds. The van der Waals surface area contributed by atoms with Crippen LogP contribution in [0.1, 0.15) is 16.1 Å². The van der Waals surface area contributed by atoms with E-state index in [0.717, 1.165) is 5.56 Å². The van der Waals surface area contributed by atoms with E-state index in [4.69, 9.17) is 26.2 Å². The molecule has 0 unspecified atom stereocenters. The Balaban J connectivity index is 1.56. The Morgan fingerprint density at radius 1 is 1.07 bits per heavy atom. The van der Waals surface area contributed by atoms with Crippen molar-refractivity contribution in [3.63, 3.8) is 0 Å². The van der Waals surface area contributed by atoms with Crippen molar-refractivity contribution in [1.29, 1.82) is 0 Å². The molecule has 0 aliphatic rings. The van der Waals surface area contributed by atoms with Crippen molar-refractivity contribution in [3.05, 3.63) is 77.1 Å². The van der Waals surface area contributed by atoms with Gasteiger partial charge in [-0.05, 0) is 42.0 Å². The van der Waals surface area contributed by atoms with E-state index in [1.165, 1.54) is 19.4 Å². The molecule has 0 bridgehead atoms. The molecule has 9 heteroatoms. The molecule has 0 aliphatic carbocycles. The normalized spacial score (nSPS) is 10.2. The summed E-state index contributed by atoms with van der Waals surface area (Å²) in [7, 11) is 1.50. The number of carbonyl (C=O) groups is 2. The number of rotatable bonds is 7. The quantitative estimate of drug-likeness (QED) is 0.510. The summed E-state index contributed by atoms with van der Waals surface area (Å²) in [6, 6.07) is 14.4. The average Bonchev–Trinajstić information content (AvgIpc) is 2.73. The fourth-order valence-electron chi connectivity index (χ4n) is 2.53. The first-order chi connectivity index (χ1) is 14.4. The number of aromatic carboxylic acids is 1. The number of aromatic nitrogens is 1. The standard InChI is InChI=1S/C21H18ClN3O5/c1-29-19-7-4-14(22)10-17(19)25-21(28)24-12-13-2-5-15(6-3-13)30-16-8-9-23-18(11-16)20(26)27/h2-11H,12H2,1H3,(H,26,27)(H2,24,25,28). The molecule has 0 spiro atoms. The van der Waals surface area contributed by atoms with Crippen molar-refractivity contribution in [1.82, 2.24) is 10.3 Å². The number of urea groups is 1. The Hall–Kier alpha value is -3.78. The predicted molar refractivity (Wildman–Crippen MR) is 112 cm³/mol. The molecule has 3 rings (SSSR count). The van der Waals surface area contributed by atoms with Gasteiger partial charge in [0, 0.05) is 23.8 Å². The SMILES string of the molecule is COc1ccc(Cl)cc1NC(=O)NCc1ccc(Oc2ccnc(C(=O)O)c2)cc1. The number of halogens is 1. The summed E-state index contributed by atoms with van der Waals surface area (Å²) in [5.74, 6) is 0.256. The molecule has 0 saturated carbocycles. The third-order valence-corrected chi connectivity index (χ3v) is 4.21. The summed E-state index contributed by atoms with van der Waals surface area (Å²) in [6.07, 6.45) is 1.37. The first-order valence-electron chi connectivity index (χ1n) is 8.79. The molecule has 3 N–H and O–H groups in total. The number of amides is 2. The number of pyridine rings is 1. The molecule has 8 nitrogen and oxygen atoms in total. The van der Waals surface area contributed by atoms with Crippen LogP contribution in [0, 0.1) is 0 Å². The zero-order chi connectivity index (χ0) is 21.5. The minimum absolute atomic E-state index is 0.101. The van der Waals surface area contributed by atoms with Crippen molar-refractivity contribution in [2.45, 2.75) is 6.54 Å². The Kier molecular flexibility index (Phi) is 6.71. The molecule has 0 saturated heterocycles. The lowest BCUT2D eigenvalue weighted by Crippen LogP contribution is -2.28. The summed E-state index contributed by atoms with van der Waals surface area (Å²) < 4.78 is 10.8. The zero-order valence-corrected chi connectivity index (χ0v) is 16.6. The van der Waals surface area contributed by atoms with E-state index in [9.17, 15) is 9.59 Å². The van der Waals surface area contributed by atoms with Crippen LogP contribution in [0.3, 0.4) is 0 Å². The molecular formula is C21H18ClN3O5. The molecule has 3 aromatic rings. The average molecular weight is 428 g/mol. The minimum atomic E-state index is -1.13. The molecule has 30 heavy (non-hydrogen) atoms. The van der Waals surface area contributed by atoms with Crippen molar-refractivity contribution < 1.29 is 24.2 Å². The monoisotopic (exact) mass is 427 g/mol. The van der Waals surface area contributed by atoms with Gasteiger partial charge in [-0.15, -0.1) is 0 Å². The molecule has 1 aromatic heterocycles. The highest BCUT2D eigenvalue weighted by molar-refractivity contribution is 6.31. The fourth-order valence-corrected chi connectivity index (χ4v) is 2.70. The second-order valence-electron chi connectivity index (χ2n) is 6.08. The summed E-state index contributed by atoms with van der Waals surface area (Å²) in [5.41, 5.74) is 1.21. The van der Waals surface area contributed by atoms with Crippen molar-refractivity contribution in [2.24, 2.45) is 0 Å². The van der Waals surface area contributed by atoms with Crippen LogP contribution in [0.15, 0.2) is 60.8 Å². The maximum absolute atomic E-state index is 12.2. The molecular weight excluding hydrogens is 410 g/mol. The number of carbonyl (C=O) groups excluding carboxylic acids is 1. The van der Waals surface area contributed by atoms with Gasteiger partial charge in [0.2, 0.25) is 0 Å². The van der Waals surface area contributed by atoms with E-state index in [2.05, 4.69) is 15.6 Å².